The number of benzene rings is 2. The van der Waals surface area contributed by atoms with Gasteiger partial charge in [-0.05, 0) is 50.6 Å². The average Bonchev–Trinajstić information content (AvgIpc) is 3.65. The van der Waals surface area contributed by atoms with Gasteiger partial charge in [0.15, 0.2) is 0 Å². The molecule has 3 heterocycles. The first kappa shape index (κ1) is 30.5. The van der Waals surface area contributed by atoms with Crippen molar-refractivity contribution in [3.05, 3.63) is 89.1 Å². The molecule has 1 aliphatic rings. The van der Waals surface area contributed by atoms with Gasteiger partial charge < -0.3 is 10.0 Å². The highest BCUT2D eigenvalue weighted by atomic mass is 32.2. The third-order valence-corrected chi connectivity index (χ3v) is 10.5. The van der Waals surface area contributed by atoms with Crippen molar-refractivity contribution < 1.29 is 22.3 Å². The fraction of sp³-hybridized carbons (Fsp3) is 0.429. The van der Waals surface area contributed by atoms with Gasteiger partial charge in [0.1, 0.15) is 41.5 Å². The summed E-state index contributed by atoms with van der Waals surface area (Å²) in [5, 5.41) is 18.4. The lowest BCUT2D eigenvalue weighted by atomic mass is 9.90. The number of hydrogen-bond donors (Lipinski definition) is 1. The number of aromatic nitrogens is 6. The summed E-state index contributed by atoms with van der Waals surface area (Å²) in [5.41, 5.74) is -1.34. The molecule has 2 aromatic carbocycles. The number of rotatable bonds is 10. The molecule has 0 aliphatic carbocycles. The summed E-state index contributed by atoms with van der Waals surface area (Å²) in [6.07, 6.45) is 4.77. The SMILES string of the molecule is CCC(C)n1ncn(-c2ccc(N3CCN(S(=O)(=O)[C@H](C)[C@](O)(Cn4cncn4)c4ccc(F)cc4F)CC3)cc2)c1=O. The van der Waals surface area contributed by atoms with Crippen LogP contribution in [0.4, 0.5) is 14.5 Å². The second-order valence-electron chi connectivity index (χ2n) is 10.7. The third-order valence-electron chi connectivity index (χ3n) is 8.18. The van der Waals surface area contributed by atoms with Crippen molar-refractivity contribution in [2.45, 2.75) is 50.6 Å². The molecule has 230 valence electrons. The van der Waals surface area contributed by atoms with Crippen LogP contribution >= 0.6 is 0 Å². The van der Waals surface area contributed by atoms with Crippen LogP contribution in [-0.2, 0) is 22.2 Å². The van der Waals surface area contributed by atoms with Gasteiger partial charge in [0.2, 0.25) is 10.0 Å². The van der Waals surface area contributed by atoms with Crippen LogP contribution < -0.4 is 10.6 Å². The summed E-state index contributed by atoms with van der Waals surface area (Å²) in [5.74, 6) is -1.91. The van der Waals surface area contributed by atoms with Crippen molar-refractivity contribution in [1.29, 1.82) is 0 Å². The highest BCUT2D eigenvalue weighted by molar-refractivity contribution is 7.89. The van der Waals surface area contributed by atoms with Gasteiger partial charge in [-0.3, -0.25) is 0 Å². The Morgan fingerprint density at radius 3 is 2.26 bits per heavy atom. The lowest BCUT2D eigenvalue weighted by molar-refractivity contribution is 0.00953. The first-order valence-corrected chi connectivity index (χ1v) is 15.5. The Kier molecular flexibility index (Phi) is 8.49. The highest BCUT2D eigenvalue weighted by Gasteiger charge is 2.48. The molecular weight excluding hydrogens is 582 g/mol. The van der Waals surface area contributed by atoms with E-state index in [-0.39, 0.29) is 30.4 Å². The molecule has 0 amide bonds. The monoisotopic (exact) mass is 616 g/mol. The van der Waals surface area contributed by atoms with E-state index in [9.17, 15) is 27.1 Å². The van der Waals surface area contributed by atoms with Crippen molar-refractivity contribution in [3.8, 4) is 5.69 Å². The fourth-order valence-corrected chi connectivity index (χ4v) is 7.11. The predicted molar refractivity (Wildman–Crippen MR) is 155 cm³/mol. The van der Waals surface area contributed by atoms with Gasteiger partial charge in [0.05, 0.1) is 18.3 Å². The van der Waals surface area contributed by atoms with Crippen molar-refractivity contribution >= 4 is 15.7 Å². The Bertz CT molecular complexity index is 1720. The van der Waals surface area contributed by atoms with Crippen LogP contribution in [0, 0.1) is 11.6 Å². The van der Waals surface area contributed by atoms with E-state index in [0.29, 0.717) is 24.8 Å². The van der Waals surface area contributed by atoms with E-state index in [0.717, 1.165) is 24.2 Å². The number of piperazine rings is 1. The molecule has 1 aliphatic heterocycles. The van der Waals surface area contributed by atoms with Crippen molar-refractivity contribution in [2.75, 3.05) is 31.1 Å². The standard InChI is InChI=1S/C28H34F2N8O4S/c1-4-20(2)38-27(39)37(19-33-38)24-8-6-23(7-9-24)34-11-13-36(14-12-34)43(41,42)21(3)28(40,16-35-18-31-17-32-35)25-10-5-22(29)15-26(25)30/h5-10,15,17-21,40H,4,11-14,16H2,1-3H3/t20?,21-,28-/m1/s1. The van der Waals surface area contributed by atoms with Crippen LogP contribution in [0.2, 0.25) is 0 Å². The van der Waals surface area contributed by atoms with Crippen LogP contribution in [-0.4, -0.2) is 78.4 Å². The van der Waals surface area contributed by atoms with Gasteiger partial charge in [0, 0.05) is 43.5 Å². The maximum absolute atomic E-state index is 14.9. The lowest BCUT2D eigenvalue weighted by Gasteiger charge is -2.40. The summed E-state index contributed by atoms with van der Waals surface area (Å²) < 4.78 is 61.7. The lowest BCUT2D eigenvalue weighted by Crippen LogP contribution is -2.56. The number of nitrogens with zero attached hydrogens (tertiary/aromatic N) is 8. The largest absolute Gasteiger partial charge is 0.382 e. The minimum atomic E-state index is -4.17. The maximum Gasteiger partial charge on any atom is 0.350 e. The topological polar surface area (TPSA) is 131 Å². The molecule has 5 rings (SSSR count). The summed E-state index contributed by atoms with van der Waals surface area (Å²) in [4.78, 5) is 18.6. The van der Waals surface area contributed by atoms with Crippen molar-refractivity contribution in [1.82, 2.24) is 33.4 Å². The first-order valence-electron chi connectivity index (χ1n) is 14.0. The molecule has 0 bridgehead atoms. The number of halogens is 2. The van der Waals surface area contributed by atoms with E-state index in [1.807, 2.05) is 43.0 Å². The Hall–Kier alpha value is -3.95. The quantitative estimate of drug-likeness (QED) is 0.287. The van der Waals surface area contributed by atoms with Crippen LogP contribution in [0.3, 0.4) is 0 Å². The van der Waals surface area contributed by atoms with E-state index in [1.54, 1.807) is 0 Å². The molecule has 0 radical (unpaired) electrons. The van der Waals surface area contributed by atoms with Crippen LogP contribution in [0.5, 0.6) is 0 Å². The molecule has 3 atom stereocenters. The van der Waals surface area contributed by atoms with E-state index >= 15 is 0 Å². The molecular formula is C28H34F2N8O4S. The Labute approximate surface area is 247 Å². The molecule has 43 heavy (non-hydrogen) atoms. The van der Waals surface area contributed by atoms with Crippen molar-refractivity contribution in [2.24, 2.45) is 0 Å². The minimum Gasteiger partial charge on any atom is -0.382 e. The normalized spacial score (nSPS) is 17.5. The zero-order chi connectivity index (χ0) is 30.9. The number of anilines is 1. The van der Waals surface area contributed by atoms with Gasteiger partial charge in [-0.15, -0.1) is 0 Å². The molecule has 0 saturated carbocycles. The molecule has 1 fully saturated rings. The van der Waals surface area contributed by atoms with Gasteiger partial charge in [-0.25, -0.2) is 40.9 Å². The zero-order valence-corrected chi connectivity index (χ0v) is 24.9. The molecule has 12 nitrogen and oxygen atoms in total. The molecule has 4 aromatic rings. The maximum atomic E-state index is 14.9. The number of aliphatic hydroxyl groups is 1. The smallest absolute Gasteiger partial charge is 0.350 e. The van der Waals surface area contributed by atoms with E-state index < -0.39 is 39.1 Å². The van der Waals surface area contributed by atoms with E-state index in [1.165, 1.54) is 44.1 Å². The number of sulfonamides is 1. The van der Waals surface area contributed by atoms with Gasteiger partial charge in [-0.1, -0.05) is 13.0 Å². The van der Waals surface area contributed by atoms with Crippen LogP contribution in [0.25, 0.3) is 5.69 Å². The van der Waals surface area contributed by atoms with Crippen LogP contribution in [0.1, 0.15) is 38.8 Å². The second kappa shape index (κ2) is 12.0. The minimum absolute atomic E-state index is 0.0170. The summed E-state index contributed by atoms with van der Waals surface area (Å²) in [6.45, 7) is 5.80. The first-order chi connectivity index (χ1) is 20.5. The molecule has 1 saturated heterocycles. The van der Waals surface area contributed by atoms with Crippen LogP contribution in [0.15, 0.2) is 66.2 Å². The summed E-state index contributed by atoms with van der Waals surface area (Å²) in [6, 6.07) is 9.97. The van der Waals surface area contributed by atoms with Crippen molar-refractivity contribution in [3.63, 3.8) is 0 Å². The molecule has 2 aromatic heterocycles. The van der Waals surface area contributed by atoms with E-state index in [4.69, 9.17) is 0 Å². The number of hydrogen-bond acceptors (Lipinski definition) is 8. The molecule has 0 spiro atoms. The van der Waals surface area contributed by atoms with Gasteiger partial charge in [-0.2, -0.15) is 14.5 Å². The van der Waals surface area contributed by atoms with E-state index in [2.05, 4.69) is 15.2 Å². The Morgan fingerprint density at radius 1 is 0.977 bits per heavy atom. The Morgan fingerprint density at radius 2 is 1.65 bits per heavy atom. The zero-order valence-electron chi connectivity index (χ0n) is 24.1. The molecule has 15 heteroatoms. The summed E-state index contributed by atoms with van der Waals surface area (Å²) in [7, 11) is -4.17. The predicted octanol–water partition coefficient (Wildman–Crippen LogP) is 2.30. The third kappa shape index (κ3) is 5.84. The van der Waals surface area contributed by atoms with Gasteiger partial charge >= 0.3 is 5.69 Å². The molecule has 1 N–H and O–H groups in total. The molecule has 1 unspecified atom stereocenters. The Balaban J connectivity index is 1.32. The highest BCUT2D eigenvalue weighted by Crippen LogP contribution is 2.35. The van der Waals surface area contributed by atoms with Gasteiger partial charge in [0.25, 0.3) is 0 Å². The fourth-order valence-electron chi connectivity index (χ4n) is 5.30. The summed E-state index contributed by atoms with van der Waals surface area (Å²) >= 11 is 0. The second-order valence-corrected chi connectivity index (χ2v) is 13.0. The average molecular weight is 617 g/mol.